The van der Waals surface area contributed by atoms with E-state index in [0.29, 0.717) is 21.5 Å². The van der Waals surface area contributed by atoms with Gasteiger partial charge in [-0.1, -0.05) is 76.6 Å². The van der Waals surface area contributed by atoms with Gasteiger partial charge in [0.05, 0.1) is 10.6 Å². The van der Waals surface area contributed by atoms with Gasteiger partial charge in [0.25, 0.3) is 5.91 Å². The molecular formula is C16H11Cl2N3OS2. The minimum Gasteiger partial charge on any atom is -0.296 e. The van der Waals surface area contributed by atoms with Crippen LogP contribution in [0.5, 0.6) is 0 Å². The number of hydrogen-bond acceptors (Lipinski definition) is 5. The second-order valence-corrected chi connectivity index (χ2v) is 7.70. The Bertz CT molecular complexity index is 870. The van der Waals surface area contributed by atoms with Gasteiger partial charge in [-0.3, -0.25) is 10.1 Å². The minimum atomic E-state index is -0.306. The summed E-state index contributed by atoms with van der Waals surface area (Å²) in [4.78, 5) is 12.2. The van der Waals surface area contributed by atoms with Gasteiger partial charge in [0.1, 0.15) is 0 Å². The molecule has 0 unspecified atom stereocenters. The monoisotopic (exact) mass is 395 g/mol. The van der Waals surface area contributed by atoms with Crippen LogP contribution in [0.25, 0.3) is 0 Å². The fraction of sp³-hybridized carbons (Fsp3) is 0.0625. The van der Waals surface area contributed by atoms with Crippen molar-refractivity contribution in [1.29, 1.82) is 0 Å². The average molecular weight is 396 g/mol. The minimum absolute atomic E-state index is 0.306. The summed E-state index contributed by atoms with van der Waals surface area (Å²) in [6, 6.07) is 14.5. The molecule has 4 nitrogen and oxygen atoms in total. The summed E-state index contributed by atoms with van der Waals surface area (Å²) in [5.41, 5.74) is 1.43. The van der Waals surface area contributed by atoms with Gasteiger partial charge < -0.3 is 0 Å². The summed E-state index contributed by atoms with van der Waals surface area (Å²) in [6.45, 7) is 0. The Morgan fingerprint density at radius 1 is 1.04 bits per heavy atom. The lowest BCUT2D eigenvalue weighted by molar-refractivity contribution is 0.102. The number of nitrogens with zero attached hydrogens (tertiary/aromatic N) is 2. The molecule has 24 heavy (non-hydrogen) atoms. The molecule has 0 saturated heterocycles. The third-order valence-corrected chi connectivity index (χ3v) is 5.77. The van der Waals surface area contributed by atoms with Crippen LogP contribution in [0.15, 0.2) is 52.9 Å². The number of carbonyl (C=O) groups excluding carboxylic acids is 1. The first-order chi connectivity index (χ1) is 11.6. The number of benzene rings is 2. The molecule has 1 amide bonds. The van der Waals surface area contributed by atoms with E-state index in [0.717, 1.165) is 14.9 Å². The van der Waals surface area contributed by atoms with E-state index in [1.807, 2.05) is 24.3 Å². The van der Waals surface area contributed by atoms with Gasteiger partial charge in [-0.05, 0) is 23.8 Å². The first kappa shape index (κ1) is 17.2. The van der Waals surface area contributed by atoms with Crippen molar-refractivity contribution in [2.45, 2.75) is 10.1 Å². The van der Waals surface area contributed by atoms with Crippen LogP contribution >= 0.6 is 46.3 Å². The Morgan fingerprint density at radius 2 is 1.75 bits per heavy atom. The molecule has 0 aliphatic heterocycles. The Hall–Kier alpha value is -1.60. The quantitative estimate of drug-likeness (QED) is 0.464. The van der Waals surface area contributed by atoms with Gasteiger partial charge in [-0.2, -0.15) is 0 Å². The van der Waals surface area contributed by atoms with E-state index in [1.54, 1.807) is 24.3 Å². The largest absolute Gasteiger partial charge is 0.296 e. The Kier molecular flexibility index (Phi) is 5.73. The maximum Gasteiger partial charge on any atom is 0.259 e. The van der Waals surface area contributed by atoms with Gasteiger partial charge in [-0.15, -0.1) is 10.2 Å². The van der Waals surface area contributed by atoms with E-state index >= 15 is 0 Å². The van der Waals surface area contributed by atoms with Crippen molar-refractivity contribution in [3.8, 4) is 0 Å². The molecule has 8 heteroatoms. The molecule has 1 heterocycles. The normalized spacial score (nSPS) is 10.6. The molecule has 2 aromatic carbocycles. The topological polar surface area (TPSA) is 54.9 Å². The zero-order chi connectivity index (χ0) is 16.9. The molecular weight excluding hydrogens is 385 g/mol. The first-order valence-corrected chi connectivity index (χ1v) is 9.45. The van der Waals surface area contributed by atoms with Gasteiger partial charge in [0, 0.05) is 10.8 Å². The van der Waals surface area contributed by atoms with Crippen LogP contribution in [0.4, 0.5) is 5.13 Å². The predicted octanol–water partition coefficient (Wildman–Crippen LogP) is 5.39. The zero-order valence-corrected chi connectivity index (χ0v) is 15.3. The van der Waals surface area contributed by atoms with Crippen molar-refractivity contribution >= 4 is 57.3 Å². The van der Waals surface area contributed by atoms with E-state index in [9.17, 15) is 4.79 Å². The Labute approximate surface area is 157 Å². The van der Waals surface area contributed by atoms with Crippen LogP contribution in [0.2, 0.25) is 10.0 Å². The van der Waals surface area contributed by atoms with Crippen molar-refractivity contribution in [1.82, 2.24) is 10.2 Å². The standard InChI is InChI=1S/C16H11Cl2N3OS2/c17-12-7-3-1-5-10(12)9-23-16-21-20-15(24-16)19-14(22)11-6-2-4-8-13(11)18/h1-8H,9H2,(H,19,20,22). The molecule has 0 aliphatic carbocycles. The van der Waals surface area contributed by atoms with Crippen molar-refractivity contribution < 1.29 is 4.79 Å². The second kappa shape index (κ2) is 7.98. The smallest absolute Gasteiger partial charge is 0.259 e. The Morgan fingerprint density at radius 3 is 2.50 bits per heavy atom. The van der Waals surface area contributed by atoms with E-state index < -0.39 is 0 Å². The molecule has 0 atom stereocenters. The van der Waals surface area contributed by atoms with Crippen molar-refractivity contribution in [2.75, 3.05) is 5.32 Å². The van der Waals surface area contributed by atoms with E-state index in [-0.39, 0.29) is 5.91 Å². The highest BCUT2D eigenvalue weighted by atomic mass is 35.5. The average Bonchev–Trinajstić information content (AvgIpc) is 3.02. The number of amides is 1. The molecule has 3 aromatic rings. The van der Waals surface area contributed by atoms with E-state index in [4.69, 9.17) is 23.2 Å². The molecule has 0 aliphatic rings. The van der Waals surface area contributed by atoms with Crippen molar-refractivity contribution in [3.05, 3.63) is 69.7 Å². The molecule has 0 spiro atoms. The number of hydrogen-bond donors (Lipinski definition) is 1. The van der Waals surface area contributed by atoms with E-state index in [1.165, 1.54) is 23.1 Å². The van der Waals surface area contributed by atoms with Crippen LogP contribution < -0.4 is 5.32 Å². The van der Waals surface area contributed by atoms with Crippen LogP contribution in [0.1, 0.15) is 15.9 Å². The number of anilines is 1. The molecule has 1 aromatic heterocycles. The molecule has 1 N–H and O–H groups in total. The summed E-state index contributed by atoms with van der Waals surface area (Å²) in [6.07, 6.45) is 0. The highest BCUT2D eigenvalue weighted by Crippen LogP contribution is 2.30. The van der Waals surface area contributed by atoms with Gasteiger partial charge in [-0.25, -0.2) is 0 Å². The predicted molar refractivity (Wildman–Crippen MR) is 100 cm³/mol. The fourth-order valence-corrected chi connectivity index (χ4v) is 4.14. The summed E-state index contributed by atoms with van der Waals surface area (Å²) < 4.78 is 0.754. The first-order valence-electron chi connectivity index (χ1n) is 6.89. The van der Waals surface area contributed by atoms with Crippen LogP contribution in [-0.2, 0) is 5.75 Å². The highest BCUT2D eigenvalue weighted by Gasteiger charge is 2.13. The number of aromatic nitrogens is 2. The van der Waals surface area contributed by atoms with Crippen LogP contribution in [0, 0.1) is 0 Å². The zero-order valence-electron chi connectivity index (χ0n) is 12.2. The maximum absolute atomic E-state index is 12.2. The van der Waals surface area contributed by atoms with Gasteiger partial charge in [0.15, 0.2) is 4.34 Å². The van der Waals surface area contributed by atoms with Crippen molar-refractivity contribution in [3.63, 3.8) is 0 Å². The van der Waals surface area contributed by atoms with E-state index in [2.05, 4.69) is 15.5 Å². The van der Waals surface area contributed by atoms with Crippen molar-refractivity contribution in [2.24, 2.45) is 0 Å². The Balaban J connectivity index is 1.63. The fourth-order valence-electron chi connectivity index (χ4n) is 1.88. The lowest BCUT2D eigenvalue weighted by atomic mass is 10.2. The third kappa shape index (κ3) is 4.27. The number of thioether (sulfide) groups is 1. The third-order valence-electron chi connectivity index (χ3n) is 3.05. The molecule has 0 radical (unpaired) electrons. The maximum atomic E-state index is 12.2. The summed E-state index contributed by atoms with van der Waals surface area (Å²) >= 11 is 15.0. The number of halogens is 2. The highest BCUT2D eigenvalue weighted by molar-refractivity contribution is 8.00. The summed E-state index contributed by atoms with van der Waals surface area (Å²) in [5.74, 6) is 0.381. The SMILES string of the molecule is O=C(Nc1nnc(SCc2ccccc2Cl)s1)c1ccccc1Cl. The second-order valence-electron chi connectivity index (χ2n) is 4.69. The molecule has 0 fully saturated rings. The van der Waals surface area contributed by atoms with Gasteiger partial charge in [0.2, 0.25) is 5.13 Å². The lowest BCUT2D eigenvalue weighted by Crippen LogP contribution is -2.12. The molecule has 0 saturated carbocycles. The molecule has 122 valence electrons. The van der Waals surface area contributed by atoms with Gasteiger partial charge >= 0.3 is 0 Å². The number of rotatable bonds is 5. The summed E-state index contributed by atoms with van der Waals surface area (Å²) in [5, 5.41) is 12.3. The van der Waals surface area contributed by atoms with Crippen LogP contribution in [-0.4, -0.2) is 16.1 Å². The summed E-state index contributed by atoms with van der Waals surface area (Å²) in [7, 11) is 0. The number of carbonyl (C=O) groups is 1. The number of nitrogens with one attached hydrogen (secondary N) is 1. The van der Waals surface area contributed by atoms with Crippen LogP contribution in [0.3, 0.4) is 0 Å². The lowest BCUT2D eigenvalue weighted by Gasteiger charge is -2.02. The molecule has 3 rings (SSSR count). The molecule has 0 bridgehead atoms.